The van der Waals surface area contributed by atoms with Crippen molar-refractivity contribution in [3.8, 4) is 5.97 Å². The third kappa shape index (κ3) is 3.68. The van der Waals surface area contributed by atoms with Crippen molar-refractivity contribution in [3.63, 3.8) is 0 Å². The fourth-order valence-corrected chi connectivity index (χ4v) is 6.06. The molecule has 1 spiro atoms. The summed E-state index contributed by atoms with van der Waals surface area (Å²) in [5.74, 6) is 2.24. The van der Waals surface area contributed by atoms with Gasteiger partial charge in [-0.3, -0.25) is 15.0 Å². The van der Waals surface area contributed by atoms with Gasteiger partial charge in [-0.25, -0.2) is 15.0 Å². The molecule has 8 heteroatoms. The van der Waals surface area contributed by atoms with Crippen LogP contribution in [0.15, 0.2) is 18.5 Å². The second kappa shape index (κ2) is 8.27. The van der Waals surface area contributed by atoms with Crippen LogP contribution in [-0.4, -0.2) is 34.7 Å². The van der Waals surface area contributed by atoms with Crippen LogP contribution in [0.25, 0.3) is 11.0 Å². The van der Waals surface area contributed by atoms with E-state index in [-0.39, 0.29) is 18.7 Å². The molecule has 3 fully saturated rings. The minimum absolute atomic E-state index is 0.225. The van der Waals surface area contributed by atoms with Crippen molar-refractivity contribution < 1.29 is 9.59 Å². The SMILES string of the molecule is CCc1cn(C2CCC3(CCB(C#N)CC3)CC2)c2ncc(N3CCC(=O)NC3=O)cc12. The van der Waals surface area contributed by atoms with Crippen molar-refractivity contribution in [1.29, 1.82) is 5.26 Å². The number of carbonyl (C=O) groups is 2. The zero-order valence-electron chi connectivity index (χ0n) is 18.8. The van der Waals surface area contributed by atoms with Gasteiger partial charge in [0.15, 0.2) is 0 Å². The number of carbonyl (C=O) groups excluding carboxylic acids is 2. The van der Waals surface area contributed by atoms with Gasteiger partial charge < -0.3 is 4.57 Å². The third-order valence-electron chi connectivity index (χ3n) is 8.12. The number of nitrogens with zero attached hydrogens (tertiary/aromatic N) is 4. The highest BCUT2D eigenvalue weighted by Gasteiger charge is 2.40. The molecule has 2 aliphatic heterocycles. The Morgan fingerprint density at radius 3 is 2.66 bits per heavy atom. The molecular weight excluding hydrogens is 401 g/mol. The zero-order valence-corrected chi connectivity index (χ0v) is 18.8. The van der Waals surface area contributed by atoms with Crippen LogP contribution in [0.2, 0.25) is 12.6 Å². The molecule has 5 rings (SSSR count). The summed E-state index contributed by atoms with van der Waals surface area (Å²) < 4.78 is 2.37. The molecule has 1 N–H and O–H groups in total. The van der Waals surface area contributed by atoms with Crippen LogP contribution >= 0.6 is 0 Å². The molecule has 7 nitrogen and oxygen atoms in total. The Morgan fingerprint density at radius 2 is 2.00 bits per heavy atom. The number of rotatable bonds is 3. The average molecular weight is 431 g/mol. The number of hydrogen-bond donors (Lipinski definition) is 1. The minimum Gasteiger partial charge on any atom is -0.329 e. The highest BCUT2D eigenvalue weighted by Crippen LogP contribution is 2.50. The number of anilines is 1. The van der Waals surface area contributed by atoms with E-state index in [9.17, 15) is 14.9 Å². The Bertz CT molecular complexity index is 1090. The fraction of sp³-hybridized carbons (Fsp3) is 0.583. The first kappa shape index (κ1) is 21.1. The maximum Gasteiger partial charge on any atom is 0.328 e. The second-order valence-corrected chi connectivity index (χ2v) is 9.87. The van der Waals surface area contributed by atoms with E-state index < -0.39 is 0 Å². The van der Waals surface area contributed by atoms with E-state index in [1.54, 1.807) is 11.1 Å². The van der Waals surface area contributed by atoms with Crippen LogP contribution in [0.5, 0.6) is 0 Å². The van der Waals surface area contributed by atoms with Gasteiger partial charge in [0.1, 0.15) is 5.65 Å². The van der Waals surface area contributed by atoms with E-state index >= 15 is 0 Å². The number of urea groups is 1. The Balaban J connectivity index is 1.37. The number of aromatic nitrogens is 2. The van der Waals surface area contributed by atoms with Gasteiger partial charge in [-0.2, -0.15) is 0 Å². The van der Waals surface area contributed by atoms with Gasteiger partial charge in [0.05, 0.1) is 11.9 Å². The Kier molecular flexibility index (Phi) is 5.44. The molecular formula is C24H30BN5O2. The van der Waals surface area contributed by atoms with Gasteiger partial charge in [-0.1, -0.05) is 32.4 Å². The molecule has 2 aromatic heterocycles. The van der Waals surface area contributed by atoms with Crippen LogP contribution in [0.4, 0.5) is 10.5 Å². The summed E-state index contributed by atoms with van der Waals surface area (Å²) in [6.07, 6.45) is 14.6. The molecule has 1 saturated carbocycles. The molecule has 0 bridgehead atoms. The van der Waals surface area contributed by atoms with Gasteiger partial charge in [0.25, 0.3) is 6.71 Å². The monoisotopic (exact) mass is 431 g/mol. The molecule has 2 aromatic rings. The Labute approximate surface area is 189 Å². The number of aryl methyl sites for hydroxylation is 1. The van der Waals surface area contributed by atoms with Crippen molar-refractivity contribution in [3.05, 3.63) is 24.0 Å². The number of pyridine rings is 1. The molecule has 3 amide bonds. The Hall–Kier alpha value is -2.82. The smallest absolute Gasteiger partial charge is 0.328 e. The molecule has 4 heterocycles. The predicted molar refractivity (Wildman–Crippen MR) is 125 cm³/mol. The van der Waals surface area contributed by atoms with Crippen molar-refractivity contribution >= 4 is 35.4 Å². The summed E-state index contributed by atoms with van der Waals surface area (Å²) in [6, 6.07) is 2.13. The predicted octanol–water partition coefficient (Wildman–Crippen LogP) is 4.50. The van der Waals surface area contributed by atoms with Crippen molar-refractivity contribution in [2.75, 3.05) is 11.4 Å². The summed E-state index contributed by atoms with van der Waals surface area (Å²) in [4.78, 5) is 30.2. The maximum atomic E-state index is 12.3. The maximum absolute atomic E-state index is 12.3. The molecule has 3 aliphatic rings. The topological polar surface area (TPSA) is 91.0 Å². The van der Waals surface area contributed by atoms with Crippen LogP contribution < -0.4 is 10.2 Å². The van der Waals surface area contributed by atoms with Gasteiger partial charge >= 0.3 is 6.03 Å². The minimum atomic E-state index is -0.372. The number of fused-ring (bicyclic) bond motifs is 1. The first-order chi connectivity index (χ1) is 15.5. The average Bonchev–Trinajstić information content (AvgIpc) is 3.18. The van der Waals surface area contributed by atoms with Crippen LogP contribution in [0, 0.1) is 16.6 Å². The van der Waals surface area contributed by atoms with Gasteiger partial charge in [-0.15, -0.1) is 0 Å². The summed E-state index contributed by atoms with van der Waals surface area (Å²) in [6.45, 7) is 2.80. The van der Waals surface area contributed by atoms with Crippen molar-refractivity contribution in [2.45, 2.75) is 77.0 Å². The number of nitrogens with one attached hydrogen (secondary N) is 1. The number of hydrogen-bond acceptors (Lipinski definition) is 4. The molecule has 0 radical (unpaired) electrons. The standard InChI is InChI=1S/C24H30BN5O2/c1-2-17-15-30(18-3-6-24(7-4-18)8-10-25(16-26)11-9-24)22-20(17)13-19(14-27-22)29-12-5-21(31)28-23(29)32/h13-15,18H,2-12H2,1H3,(H,28,31,32). The van der Waals surface area contributed by atoms with E-state index in [4.69, 9.17) is 4.98 Å². The van der Waals surface area contributed by atoms with Gasteiger partial charge in [0, 0.05) is 36.6 Å². The zero-order chi connectivity index (χ0) is 22.3. The summed E-state index contributed by atoms with van der Waals surface area (Å²) in [5, 5.41) is 12.7. The largest absolute Gasteiger partial charge is 0.329 e. The first-order valence-corrected chi connectivity index (χ1v) is 12.0. The van der Waals surface area contributed by atoms with E-state index in [0.29, 0.717) is 24.4 Å². The van der Waals surface area contributed by atoms with Crippen LogP contribution in [0.3, 0.4) is 0 Å². The van der Waals surface area contributed by atoms with Crippen molar-refractivity contribution in [1.82, 2.24) is 14.9 Å². The van der Waals surface area contributed by atoms with Crippen molar-refractivity contribution in [2.24, 2.45) is 5.41 Å². The summed E-state index contributed by atoms with van der Waals surface area (Å²) >= 11 is 0. The molecule has 166 valence electrons. The van der Waals surface area contributed by atoms with E-state index in [1.165, 1.54) is 31.2 Å². The molecule has 32 heavy (non-hydrogen) atoms. The summed E-state index contributed by atoms with van der Waals surface area (Å²) in [5.41, 5.74) is 3.43. The normalized spacial score (nSPS) is 21.8. The lowest BCUT2D eigenvalue weighted by molar-refractivity contribution is -0.120. The lowest BCUT2D eigenvalue weighted by Gasteiger charge is -2.44. The lowest BCUT2D eigenvalue weighted by Crippen LogP contribution is -2.49. The summed E-state index contributed by atoms with van der Waals surface area (Å²) in [7, 11) is 0. The highest BCUT2D eigenvalue weighted by atomic mass is 16.2. The lowest BCUT2D eigenvalue weighted by atomic mass is 9.38. The Morgan fingerprint density at radius 1 is 1.25 bits per heavy atom. The molecule has 0 aromatic carbocycles. The van der Waals surface area contributed by atoms with Crippen LogP contribution in [0.1, 0.15) is 63.5 Å². The molecule has 1 aliphatic carbocycles. The van der Waals surface area contributed by atoms with Gasteiger partial charge in [-0.05, 0) is 49.1 Å². The quantitative estimate of drug-likeness (QED) is 0.725. The fourth-order valence-electron chi connectivity index (χ4n) is 6.06. The van der Waals surface area contributed by atoms with Gasteiger partial charge in [0.2, 0.25) is 5.91 Å². The number of nitriles is 1. The molecule has 0 atom stereocenters. The molecule has 2 saturated heterocycles. The number of imide groups is 1. The second-order valence-electron chi connectivity index (χ2n) is 9.87. The highest BCUT2D eigenvalue weighted by molar-refractivity contribution is 6.67. The van der Waals surface area contributed by atoms with E-state index in [2.05, 4.69) is 35.0 Å². The molecule has 0 unspecified atom stereocenters. The van der Waals surface area contributed by atoms with E-state index in [0.717, 1.165) is 48.6 Å². The third-order valence-corrected chi connectivity index (χ3v) is 8.12. The van der Waals surface area contributed by atoms with E-state index in [1.807, 2.05) is 0 Å². The first-order valence-electron chi connectivity index (χ1n) is 12.0. The number of amides is 3. The van der Waals surface area contributed by atoms with Crippen LogP contribution in [-0.2, 0) is 11.2 Å².